The molecule has 0 atom stereocenters. The molecule has 45 heavy (non-hydrogen) atoms. The lowest BCUT2D eigenvalue weighted by Gasteiger charge is -2.57. The molecule has 10 heteroatoms. The molecule has 3 aromatic carbocycles. The molecule has 0 radical (unpaired) electrons. The third-order valence-corrected chi connectivity index (χ3v) is 11.5. The first-order chi connectivity index (χ1) is 21.9. The van der Waals surface area contributed by atoms with E-state index < -0.39 is 0 Å². The monoisotopic (exact) mass is 640 g/mol. The maximum absolute atomic E-state index is 12.7. The minimum Gasteiger partial charge on any atom is -0.493 e. The molecule has 8 rings (SSSR count). The van der Waals surface area contributed by atoms with Crippen LogP contribution in [0.25, 0.3) is 10.2 Å². The van der Waals surface area contributed by atoms with Crippen molar-refractivity contribution in [3.05, 3.63) is 77.9 Å². The van der Waals surface area contributed by atoms with Crippen LogP contribution in [-0.2, 0) is 15.0 Å². The molecule has 0 unspecified atom stereocenters. The summed E-state index contributed by atoms with van der Waals surface area (Å²) in [6.45, 7) is -0.150. The number of hydrogen-bond acceptors (Lipinski definition) is 8. The molecule has 4 aromatic rings. The largest absolute Gasteiger partial charge is 0.493 e. The van der Waals surface area contributed by atoms with Crippen LogP contribution in [0.15, 0.2) is 76.2 Å². The second-order valence-electron chi connectivity index (χ2n) is 12.6. The summed E-state index contributed by atoms with van der Waals surface area (Å²) < 4.78 is 13.2. The molecule has 4 bridgehead atoms. The number of thiazole rings is 1. The van der Waals surface area contributed by atoms with E-state index in [0.717, 1.165) is 38.0 Å². The molecule has 4 aliphatic rings. The predicted molar refractivity (Wildman–Crippen MR) is 179 cm³/mol. The van der Waals surface area contributed by atoms with E-state index in [-0.39, 0.29) is 24.2 Å². The summed E-state index contributed by atoms with van der Waals surface area (Å²) in [6, 6.07) is 21.6. The van der Waals surface area contributed by atoms with Crippen LogP contribution in [0, 0.1) is 17.8 Å². The van der Waals surface area contributed by atoms with Gasteiger partial charge in [0.2, 0.25) is 0 Å². The second-order valence-corrected chi connectivity index (χ2v) is 14.8. The number of hydrazone groups is 1. The molecule has 2 amide bonds. The van der Waals surface area contributed by atoms with Crippen molar-refractivity contribution in [3.63, 3.8) is 0 Å². The van der Waals surface area contributed by atoms with Crippen LogP contribution in [-0.4, -0.2) is 42.5 Å². The zero-order valence-corrected chi connectivity index (χ0v) is 26.8. The number of methoxy groups -OCH3 is 1. The van der Waals surface area contributed by atoms with Crippen LogP contribution in [0.1, 0.15) is 49.7 Å². The van der Waals surface area contributed by atoms with Crippen molar-refractivity contribution in [2.24, 2.45) is 22.9 Å². The van der Waals surface area contributed by atoms with Gasteiger partial charge < -0.3 is 14.8 Å². The fourth-order valence-corrected chi connectivity index (χ4v) is 9.71. The zero-order chi connectivity index (χ0) is 30.8. The van der Waals surface area contributed by atoms with Crippen LogP contribution in [0.5, 0.6) is 11.5 Å². The first-order valence-corrected chi connectivity index (χ1v) is 17.3. The van der Waals surface area contributed by atoms with Crippen molar-refractivity contribution >= 4 is 57.0 Å². The number of nitrogens with one attached hydrogen (secondary N) is 2. The van der Waals surface area contributed by atoms with Crippen molar-refractivity contribution in [1.82, 2.24) is 10.4 Å². The minimum atomic E-state index is -0.239. The van der Waals surface area contributed by atoms with Gasteiger partial charge in [0.15, 0.2) is 22.4 Å². The van der Waals surface area contributed by atoms with Crippen molar-refractivity contribution in [1.29, 1.82) is 0 Å². The van der Waals surface area contributed by atoms with E-state index in [1.54, 1.807) is 29.5 Å². The highest BCUT2D eigenvalue weighted by atomic mass is 32.2. The zero-order valence-electron chi connectivity index (χ0n) is 25.2. The average molecular weight is 641 g/mol. The Kier molecular flexibility index (Phi) is 8.51. The van der Waals surface area contributed by atoms with Crippen LogP contribution < -0.4 is 20.2 Å². The molecular weight excluding hydrogens is 605 g/mol. The molecule has 0 spiro atoms. The van der Waals surface area contributed by atoms with Gasteiger partial charge in [-0.1, -0.05) is 36.0 Å². The number of fused-ring (bicyclic) bond motifs is 1. The first kappa shape index (κ1) is 29.8. The van der Waals surface area contributed by atoms with E-state index in [2.05, 4.69) is 33.0 Å². The summed E-state index contributed by atoms with van der Waals surface area (Å²) >= 11 is 2.94. The predicted octanol–water partition coefficient (Wildman–Crippen LogP) is 7.03. The summed E-state index contributed by atoms with van der Waals surface area (Å²) in [7, 11) is 1.54. The Morgan fingerprint density at radius 1 is 0.978 bits per heavy atom. The molecule has 232 valence electrons. The Morgan fingerprint density at radius 2 is 1.71 bits per heavy atom. The second kappa shape index (κ2) is 12.8. The molecule has 0 aliphatic heterocycles. The number of ether oxygens (including phenoxy) is 2. The SMILES string of the molecule is COc1cc(/C=N/NC(=O)CSc2nc3ccccc3s2)ccc1OCC(=O)Nc1ccc(C23CC4CC(CC(C4)C2)C3)cc1. The van der Waals surface area contributed by atoms with Crippen LogP contribution in [0.4, 0.5) is 5.69 Å². The number of para-hydroxylation sites is 1. The third-order valence-electron chi connectivity index (χ3n) is 9.37. The van der Waals surface area contributed by atoms with Gasteiger partial charge in [-0.2, -0.15) is 5.10 Å². The van der Waals surface area contributed by atoms with Crippen molar-refractivity contribution < 1.29 is 19.1 Å². The lowest BCUT2D eigenvalue weighted by Crippen LogP contribution is -2.48. The number of carbonyl (C=O) groups excluding carboxylic acids is 2. The van der Waals surface area contributed by atoms with Gasteiger partial charge in [0.1, 0.15) is 0 Å². The molecule has 4 saturated carbocycles. The highest BCUT2D eigenvalue weighted by molar-refractivity contribution is 8.01. The topological polar surface area (TPSA) is 102 Å². The maximum Gasteiger partial charge on any atom is 0.262 e. The van der Waals surface area contributed by atoms with Gasteiger partial charge in [-0.15, -0.1) is 11.3 Å². The van der Waals surface area contributed by atoms with E-state index in [9.17, 15) is 9.59 Å². The Bertz CT molecular complexity index is 1670. The van der Waals surface area contributed by atoms with E-state index in [0.29, 0.717) is 22.5 Å². The number of aromatic nitrogens is 1. The number of benzene rings is 3. The van der Waals surface area contributed by atoms with Gasteiger partial charge >= 0.3 is 0 Å². The van der Waals surface area contributed by atoms with E-state index in [1.807, 2.05) is 36.4 Å². The van der Waals surface area contributed by atoms with Gasteiger partial charge in [0.25, 0.3) is 11.8 Å². The molecular formula is C35H36N4O4S2. The maximum atomic E-state index is 12.7. The molecule has 4 fully saturated rings. The van der Waals surface area contributed by atoms with Crippen LogP contribution in [0.2, 0.25) is 0 Å². The average Bonchev–Trinajstić information content (AvgIpc) is 3.46. The number of nitrogens with zero attached hydrogens (tertiary/aromatic N) is 2. The quantitative estimate of drug-likeness (QED) is 0.104. The number of rotatable bonds is 11. The van der Waals surface area contributed by atoms with E-state index >= 15 is 0 Å². The number of amides is 2. The molecule has 1 heterocycles. The molecule has 8 nitrogen and oxygen atoms in total. The first-order valence-electron chi connectivity index (χ1n) is 15.5. The fourth-order valence-electron chi connectivity index (χ4n) is 7.85. The van der Waals surface area contributed by atoms with E-state index in [1.165, 1.54) is 69.2 Å². The summed E-state index contributed by atoms with van der Waals surface area (Å²) in [4.78, 5) is 29.5. The number of anilines is 1. The lowest BCUT2D eigenvalue weighted by atomic mass is 9.48. The fraction of sp³-hybridized carbons (Fsp3) is 0.371. The highest BCUT2D eigenvalue weighted by Crippen LogP contribution is 2.60. The van der Waals surface area contributed by atoms with Crippen LogP contribution >= 0.6 is 23.1 Å². The standard InChI is InChI=1S/C35H36N4O4S2/c1-42-30-15-22(19-36-39-33(41)21-44-34-38-28-4-2-3-5-31(28)45-34)6-11-29(30)43-20-32(40)37-27-9-7-26(8-10-27)35-16-23-12-24(17-35)14-25(13-23)18-35/h2-11,15,19,23-25H,12-14,16-18,20-21H2,1H3,(H,37,40)(H,39,41)/b36-19+. The van der Waals surface area contributed by atoms with Crippen molar-refractivity contribution in [2.45, 2.75) is 48.3 Å². The Hall–Kier alpha value is -3.89. The smallest absolute Gasteiger partial charge is 0.262 e. The lowest BCUT2D eigenvalue weighted by molar-refractivity contribution is -0.119. The minimum absolute atomic E-state index is 0.150. The molecule has 2 N–H and O–H groups in total. The van der Waals surface area contributed by atoms with Crippen LogP contribution in [0.3, 0.4) is 0 Å². The van der Waals surface area contributed by atoms with Crippen molar-refractivity contribution in [3.8, 4) is 11.5 Å². The normalized spacial score (nSPS) is 23.4. The highest BCUT2D eigenvalue weighted by Gasteiger charge is 2.51. The Balaban J connectivity index is 0.880. The molecule has 4 aliphatic carbocycles. The molecule has 1 aromatic heterocycles. The van der Waals surface area contributed by atoms with Gasteiger partial charge in [-0.25, -0.2) is 10.4 Å². The third kappa shape index (κ3) is 6.72. The number of thioether (sulfide) groups is 1. The van der Waals surface area contributed by atoms with Gasteiger partial charge in [-0.3, -0.25) is 9.59 Å². The number of carbonyl (C=O) groups is 2. The Labute approximate surface area is 271 Å². The summed E-state index contributed by atoms with van der Waals surface area (Å²) in [5, 5.41) is 7.02. The summed E-state index contributed by atoms with van der Waals surface area (Å²) in [5.41, 5.74) is 6.75. The van der Waals surface area contributed by atoms with Gasteiger partial charge in [0.05, 0.1) is 29.3 Å². The number of hydrogen-bond donors (Lipinski definition) is 2. The molecule has 0 saturated heterocycles. The van der Waals surface area contributed by atoms with Gasteiger partial charge in [0, 0.05) is 5.69 Å². The van der Waals surface area contributed by atoms with Crippen molar-refractivity contribution in [2.75, 3.05) is 24.8 Å². The van der Waals surface area contributed by atoms with E-state index in [4.69, 9.17) is 9.47 Å². The Morgan fingerprint density at radius 3 is 2.42 bits per heavy atom. The summed E-state index contributed by atoms with van der Waals surface area (Å²) in [5.74, 6) is 3.35. The summed E-state index contributed by atoms with van der Waals surface area (Å²) in [6.07, 6.45) is 9.80. The van der Waals surface area contributed by atoms with Gasteiger partial charge in [-0.05, 0) is 115 Å².